The Bertz CT molecular complexity index is 752. The Hall–Kier alpha value is -2.49. The average Bonchev–Trinajstić information content (AvgIpc) is 2.91. The summed E-state index contributed by atoms with van der Waals surface area (Å²) in [6.07, 6.45) is -0.151. The zero-order valence-corrected chi connectivity index (χ0v) is 13.3. The van der Waals surface area contributed by atoms with Gasteiger partial charge in [-0.3, -0.25) is 0 Å². The van der Waals surface area contributed by atoms with Gasteiger partial charge in [0.1, 0.15) is 17.3 Å². The molecule has 114 valence electrons. The van der Waals surface area contributed by atoms with E-state index in [9.17, 15) is 0 Å². The Kier molecular flexibility index (Phi) is 3.75. The molecule has 3 aromatic rings. The fraction of sp³-hybridized carbons (Fsp3) is 0.278. The van der Waals surface area contributed by atoms with Gasteiger partial charge >= 0.3 is 0 Å². The number of nitrogens with one attached hydrogen (secondary N) is 1. The van der Waals surface area contributed by atoms with E-state index in [2.05, 4.69) is 35.9 Å². The number of benzene rings is 2. The molecule has 4 heteroatoms. The third-order valence-electron chi connectivity index (χ3n) is 3.87. The number of aryl methyl sites for hydroxylation is 2. The quantitative estimate of drug-likeness (QED) is 0.779. The summed E-state index contributed by atoms with van der Waals surface area (Å²) in [6.45, 7) is 6.19. The molecule has 1 N–H and O–H groups in total. The molecular weight excluding hydrogens is 276 g/mol. The molecule has 0 aliphatic heterocycles. The van der Waals surface area contributed by atoms with Gasteiger partial charge in [0.25, 0.3) is 0 Å². The number of ether oxygens (including phenoxy) is 2. The van der Waals surface area contributed by atoms with Gasteiger partial charge in [-0.15, -0.1) is 0 Å². The summed E-state index contributed by atoms with van der Waals surface area (Å²) in [6, 6.07) is 11.8. The summed E-state index contributed by atoms with van der Waals surface area (Å²) in [5.41, 5.74) is 4.52. The third kappa shape index (κ3) is 2.77. The SMILES string of the molecule is COc1ccc(O[C@H](C)c2nc3cc(C)c(C)cc3[nH]2)cc1. The molecule has 0 saturated heterocycles. The van der Waals surface area contributed by atoms with Crippen molar-refractivity contribution < 1.29 is 9.47 Å². The summed E-state index contributed by atoms with van der Waals surface area (Å²) in [7, 11) is 1.65. The highest BCUT2D eigenvalue weighted by Gasteiger charge is 2.13. The van der Waals surface area contributed by atoms with E-state index in [0.29, 0.717) is 0 Å². The van der Waals surface area contributed by atoms with Gasteiger partial charge in [-0.05, 0) is 68.3 Å². The molecule has 1 heterocycles. The maximum atomic E-state index is 5.94. The van der Waals surface area contributed by atoms with E-state index in [0.717, 1.165) is 28.4 Å². The predicted molar refractivity (Wildman–Crippen MR) is 87.6 cm³/mol. The Morgan fingerprint density at radius 1 is 1.00 bits per heavy atom. The standard InChI is InChI=1S/C18H20N2O2/c1-11-9-16-17(10-12(11)2)20-18(19-16)13(3)22-15-7-5-14(21-4)6-8-15/h5-10,13H,1-4H3,(H,19,20)/t13-/m1/s1. The number of H-pyrrole nitrogens is 1. The highest BCUT2D eigenvalue weighted by atomic mass is 16.5. The van der Waals surface area contributed by atoms with Crippen LogP contribution in [0.3, 0.4) is 0 Å². The van der Waals surface area contributed by atoms with E-state index < -0.39 is 0 Å². The topological polar surface area (TPSA) is 47.1 Å². The van der Waals surface area contributed by atoms with E-state index >= 15 is 0 Å². The summed E-state index contributed by atoms with van der Waals surface area (Å²) in [5, 5.41) is 0. The minimum atomic E-state index is -0.151. The zero-order chi connectivity index (χ0) is 15.7. The van der Waals surface area contributed by atoms with Crippen molar-refractivity contribution >= 4 is 11.0 Å². The number of hydrogen-bond acceptors (Lipinski definition) is 3. The van der Waals surface area contributed by atoms with Crippen LogP contribution in [-0.4, -0.2) is 17.1 Å². The van der Waals surface area contributed by atoms with Crippen molar-refractivity contribution in [2.75, 3.05) is 7.11 Å². The van der Waals surface area contributed by atoms with Gasteiger partial charge in [-0.25, -0.2) is 4.98 Å². The van der Waals surface area contributed by atoms with Crippen LogP contribution in [0, 0.1) is 13.8 Å². The Morgan fingerprint density at radius 2 is 1.64 bits per heavy atom. The van der Waals surface area contributed by atoms with Crippen molar-refractivity contribution in [1.82, 2.24) is 9.97 Å². The number of rotatable bonds is 4. The smallest absolute Gasteiger partial charge is 0.153 e. The lowest BCUT2D eigenvalue weighted by atomic mass is 10.1. The summed E-state index contributed by atoms with van der Waals surface area (Å²) in [4.78, 5) is 7.98. The fourth-order valence-corrected chi connectivity index (χ4v) is 2.40. The van der Waals surface area contributed by atoms with Crippen molar-refractivity contribution in [2.24, 2.45) is 0 Å². The number of nitrogens with zero attached hydrogens (tertiary/aromatic N) is 1. The molecule has 0 aliphatic rings. The molecule has 0 radical (unpaired) electrons. The molecule has 0 amide bonds. The lowest BCUT2D eigenvalue weighted by molar-refractivity contribution is 0.217. The molecule has 22 heavy (non-hydrogen) atoms. The lowest BCUT2D eigenvalue weighted by Crippen LogP contribution is -2.04. The normalized spacial score (nSPS) is 12.4. The molecule has 0 saturated carbocycles. The molecule has 2 aromatic carbocycles. The number of aromatic amines is 1. The molecule has 0 bridgehead atoms. The van der Waals surface area contributed by atoms with E-state index in [1.165, 1.54) is 11.1 Å². The molecule has 3 rings (SSSR count). The molecule has 4 nitrogen and oxygen atoms in total. The number of hydrogen-bond donors (Lipinski definition) is 1. The first-order chi connectivity index (χ1) is 10.6. The summed E-state index contributed by atoms with van der Waals surface area (Å²) >= 11 is 0. The molecule has 1 atom stereocenters. The summed E-state index contributed by atoms with van der Waals surface area (Å²) in [5.74, 6) is 2.44. The monoisotopic (exact) mass is 296 g/mol. The van der Waals surface area contributed by atoms with Crippen molar-refractivity contribution in [2.45, 2.75) is 26.9 Å². The fourth-order valence-electron chi connectivity index (χ4n) is 2.40. The Labute approximate surface area is 130 Å². The van der Waals surface area contributed by atoms with Gasteiger partial charge < -0.3 is 14.5 Å². The van der Waals surface area contributed by atoms with Gasteiger partial charge in [0.15, 0.2) is 6.10 Å². The highest BCUT2D eigenvalue weighted by molar-refractivity contribution is 5.77. The van der Waals surface area contributed by atoms with Crippen LogP contribution in [0.15, 0.2) is 36.4 Å². The number of fused-ring (bicyclic) bond motifs is 1. The predicted octanol–water partition coefficient (Wildman–Crippen LogP) is 4.33. The van der Waals surface area contributed by atoms with Gasteiger partial charge in [-0.2, -0.15) is 0 Å². The molecule has 0 aliphatic carbocycles. The van der Waals surface area contributed by atoms with E-state index in [4.69, 9.17) is 9.47 Å². The van der Waals surface area contributed by atoms with Gasteiger partial charge in [0.05, 0.1) is 18.1 Å². The number of imidazole rings is 1. The van der Waals surface area contributed by atoms with Crippen molar-refractivity contribution in [3.8, 4) is 11.5 Å². The molecule has 0 unspecified atom stereocenters. The third-order valence-corrected chi connectivity index (χ3v) is 3.87. The van der Waals surface area contributed by atoms with Crippen LogP contribution in [0.2, 0.25) is 0 Å². The second-order valence-corrected chi connectivity index (χ2v) is 5.51. The van der Waals surface area contributed by atoms with Crippen molar-refractivity contribution in [3.05, 3.63) is 53.3 Å². The van der Waals surface area contributed by atoms with Gasteiger partial charge in [0, 0.05) is 0 Å². The van der Waals surface area contributed by atoms with Crippen LogP contribution in [0.5, 0.6) is 11.5 Å². The van der Waals surface area contributed by atoms with Crippen LogP contribution < -0.4 is 9.47 Å². The van der Waals surface area contributed by atoms with Gasteiger partial charge in [0.2, 0.25) is 0 Å². The van der Waals surface area contributed by atoms with Crippen molar-refractivity contribution in [3.63, 3.8) is 0 Å². The first-order valence-corrected chi connectivity index (χ1v) is 7.34. The van der Waals surface area contributed by atoms with Crippen LogP contribution in [0.4, 0.5) is 0 Å². The van der Waals surface area contributed by atoms with Crippen LogP contribution in [0.25, 0.3) is 11.0 Å². The largest absolute Gasteiger partial charge is 0.497 e. The van der Waals surface area contributed by atoms with E-state index in [-0.39, 0.29) is 6.10 Å². The maximum absolute atomic E-state index is 5.94. The molecular formula is C18H20N2O2. The number of methoxy groups -OCH3 is 1. The minimum Gasteiger partial charge on any atom is -0.497 e. The first kappa shape index (κ1) is 14.4. The van der Waals surface area contributed by atoms with Crippen LogP contribution in [0.1, 0.15) is 30.0 Å². The van der Waals surface area contributed by atoms with Gasteiger partial charge in [-0.1, -0.05) is 0 Å². The van der Waals surface area contributed by atoms with Crippen LogP contribution >= 0.6 is 0 Å². The van der Waals surface area contributed by atoms with Crippen LogP contribution in [-0.2, 0) is 0 Å². The number of aromatic nitrogens is 2. The Morgan fingerprint density at radius 3 is 2.32 bits per heavy atom. The minimum absolute atomic E-state index is 0.151. The second-order valence-electron chi connectivity index (χ2n) is 5.51. The molecule has 0 spiro atoms. The Balaban J connectivity index is 1.83. The van der Waals surface area contributed by atoms with E-state index in [1.807, 2.05) is 31.2 Å². The van der Waals surface area contributed by atoms with Crippen molar-refractivity contribution in [1.29, 1.82) is 0 Å². The summed E-state index contributed by atoms with van der Waals surface area (Å²) < 4.78 is 11.1. The molecule has 1 aromatic heterocycles. The average molecular weight is 296 g/mol. The first-order valence-electron chi connectivity index (χ1n) is 7.34. The zero-order valence-electron chi connectivity index (χ0n) is 13.3. The van der Waals surface area contributed by atoms with E-state index in [1.54, 1.807) is 7.11 Å². The lowest BCUT2D eigenvalue weighted by Gasteiger charge is -2.12. The molecule has 0 fully saturated rings. The highest BCUT2D eigenvalue weighted by Crippen LogP contribution is 2.25. The maximum Gasteiger partial charge on any atom is 0.153 e. The second kappa shape index (κ2) is 5.72.